The molecule has 0 fully saturated rings. The maximum absolute atomic E-state index is 4.47. The lowest BCUT2D eigenvalue weighted by atomic mass is 10.1. The summed E-state index contributed by atoms with van der Waals surface area (Å²) < 4.78 is 4.10. The van der Waals surface area contributed by atoms with E-state index in [4.69, 9.17) is 0 Å². The number of hydrogen-bond acceptors (Lipinski definition) is 2. The summed E-state index contributed by atoms with van der Waals surface area (Å²) in [5, 5.41) is 0. The van der Waals surface area contributed by atoms with Crippen LogP contribution in [0.4, 0.5) is 0 Å². The van der Waals surface area contributed by atoms with Crippen molar-refractivity contribution < 1.29 is 0 Å². The van der Waals surface area contributed by atoms with Crippen LogP contribution in [0.15, 0.2) is 43.0 Å². The van der Waals surface area contributed by atoms with Gasteiger partial charge < -0.3 is 4.57 Å². The zero-order chi connectivity index (χ0) is 13.5. The van der Waals surface area contributed by atoms with Gasteiger partial charge >= 0.3 is 0 Å². The molecule has 4 rings (SSSR count). The fourth-order valence-corrected chi connectivity index (χ4v) is 2.97. The van der Waals surface area contributed by atoms with E-state index in [0.717, 1.165) is 11.6 Å². The van der Waals surface area contributed by atoms with Gasteiger partial charge in [0, 0.05) is 37.5 Å². The van der Waals surface area contributed by atoms with Crippen molar-refractivity contribution in [3.8, 4) is 17.3 Å². The van der Waals surface area contributed by atoms with E-state index >= 15 is 0 Å². The van der Waals surface area contributed by atoms with E-state index < -0.39 is 0 Å². The number of imidazole rings is 2. The third-order valence-electron chi connectivity index (χ3n) is 4.02. The summed E-state index contributed by atoms with van der Waals surface area (Å²) in [7, 11) is 1.99. The van der Waals surface area contributed by atoms with Crippen molar-refractivity contribution in [2.45, 2.75) is 19.3 Å². The largest absolute Gasteiger partial charge is 0.331 e. The van der Waals surface area contributed by atoms with E-state index in [1.807, 2.05) is 30.2 Å². The second-order valence-electron chi connectivity index (χ2n) is 5.29. The Labute approximate surface area is 117 Å². The van der Waals surface area contributed by atoms with Gasteiger partial charge in [-0.05, 0) is 42.5 Å². The molecule has 2 aromatic heterocycles. The monoisotopic (exact) mass is 264 g/mol. The van der Waals surface area contributed by atoms with E-state index in [1.54, 1.807) is 6.20 Å². The van der Waals surface area contributed by atoms with E-state index in [9.17, 15) is 0 Å². The second-order valence-corrected chi connectivity index (χ2v) is 5.29. The summed E-state index contributed by atoms with van der Waals surface area (Å²) in [6, 6.07) is 6.72. The van der Waals surface area contributed by atoms with Gasteiger partial charge in [-0.25, -0.2) is 9.97 Å². The minimum Gasteiger partial charge on any atom is -0.331 e. The van der Waals surface area contributed by atoms with Crippen LogP contribution in [0.25, 0.3) is 17.3 Å². The molecule has 0 N–H and O–H groups in total. The molecular formula is C16H16N4. The normalized spacial score (nSPS) is 13.7. The predicted octanol–water partition coefficient (Wildman–Crippen LogP) is 2.76. The summed E-state index contributed by atoms with van der Waals surface area (Å²) >= 11 is 0. The highest BCUT2D eigenvalue weighted by atomic mass is 15.1. The number of benzene rings is 1. The van der Waals surface area contributed by atoms with Crippen LogP contribution >= 0.6 is 0 Å². The van der Waals surface area contributed by atoms with Crippen LogP contribution in [-0.2, 0) is 19.9 Å². The van der Waals surface area contributed by atoms with E-state index in [1.165, 1.54) is 36.1 Å². The van der Waals surface area contributed by atoms with Crippen molar-refractivity contribution in [1.82, 2.24) is 19.1 Å². The molecule has 20 heavy (non-hydrogen) atoms. The topological polar surface area (TPSA) is 35.6 Å². The first-order valence-electron chi connectivity index (χ1n) is 6.96. The number of aromatic nitrogens is 4. The van der Waals surface area contributed by atoms with Gasteiger partial charge in [-0.1, -0.05) is 6.07 Å². The molecule has 0 radical (unpaired) electrons. The molecular weight excluding hydrogens is 248 g/mol. The molecule has 0 spiro atoms. The van der Waals surface area contributed by atoms with Crippen LogP contribution in [0.3, 0.4) is 0 Å². The molecule has 3 aromatic rings. The Morgan fingerprint density at radius 3 is 2.60 bits per heavy atom. The molecule has 0 unspecified atom stereocenters. The SMILES string of the molecule is Cn1ccnc1-c1nccn1-c1ccc2c(c1)CCC2. The molecule has 1 aliphatic rings. The number of aryl methyl sites for hydroxylation is 3. The Bertz CT molecular complexity index is 766. The van der Waals surface area contributed by atoms with Crippen molar-refractivity contribution in [2.24, 2.45) is 7.05 Å². The average Bonchev–Trinajstić information content (AvgIpc) is 3.16. The zero-order valence-electron chi connectivity index (χ0n) is 11.5. The molecule has 0 saturated carbocycles. The van der Waals surface area contributed by atoms with Crippen LogP contribution < -0.4 is 0 Å². The lowest BCUT2D eigenvalue weighted by Gasteiger charge is -2.09. The first kappa shape index (κ1) is 11.5. The molecule has 1 aromatic carbocycles. The Balaban J connectivity index is 1.84. The van der Waals surface area contributed by atoms with Gasteiger partial charge in [-0.2, -0.15) is 0 Å². The second kappa shape index (κ2) is 4.34. The van der Waals surface area contributed by atoms with Crippen molar-refractivity contribution in [2.75, 3.05) is 0 Å². The Morgan fingerprint density at radius 1 is 0.950 bits per heavy atom. The fourth-order valence-electron chi connectivity index (χ4n) is 2.97. The van der Waals surface area contributed by atoms with E-state index in [2.05, 4.69) is 32.7 Å². The average molecular weight is 264 g/mol. The summed E-state index contributed by atoms with van der Waals surface area (Å²) in [4.78, 5) is 8.87. The molecule has 0 atom stereocenters. The number of hydrogen-bond donors (Lipinski definition) is 0. The van der Waals surface area contributed by atoms with Gasteiger partial charge in [-0.15, -0.1) is 0 Å². The summed E-state index contributed by atoms with van der Waals surface area (Å²) in [5.74, 6) is 1.77. The number of fused-ring (bicyclic) bond motifs is 1. The predicted molar refractivity (Wildman–Crippen MR) is 77.8 cm³/mol. The summed E-state index contributed by atoms with van der Waals surface area (Å²) in [6.07, 6.45) is 11.3. The third kappa shape index (κ3) is 1.68. The van der Waals surface area contributed by atoms with Crippen LogP contribution in [0.2, 0.25) is 0 Å². The van der Waals surface area contributed by atoms with Crippen molar-refractivity contribution >= 4 is 0 Å². The van der Waals surface area contributed by atoms with Crippen LogP contribution in [-0.4, -0.2) is 19.1 Å². The lowest BCUT2D eigenvalue weighted by molar-refractivity contribution is 0.896. The standard InChI is InChI=1S/C16H16N4/c1-19-9-7-17-15(19)16-18-8-10-20(16)14-6-5-12-3-2-4-13(12)11-14/h5-11H,2-4H2,1H3. The maximum Gasteiger partial charge on any atom is 0.181 e. The highest BCUT2D eigenvalue weighted by Crippen LogP contribution is 2.26. The molecule has 0 bridgehead atoms. The summed E-state index contributed by atoms with van der Waals surface area (Å²) in [6.45, 7) is 0. The van der Waals surface area contributed by atoms with E-state index in [-0.39, 0.29) is 0 Å². The fraction of sp³-hybridized carbons (Fsp3) is 0.250. The van der Waals surface area contributed by atoms with E-state index in [0.29, 0.717) is 0 Å². The lowest BCUT2D eigenvalue weighted by Crippen LogP contribution is -2.01. The first-order chi connectivity index (χ1) is 9.83. The quantitative estimate of drug-likeness (QED) is 0.713. The van der Waals surface area contributed by atoms with Gasteiger partial charge in [-0.3, -0.25) is 4.57 Å². The molecule has 0 aliphatic heterocycles. The third-order valence-corrected chi connectivity index (χ3v) is 4.02. The molecule has 4 nitrogen and oxygen atoms in total. The van der Waals surface area contributed by atoms with Gasteiger partial charge in [0.2, 0.25) is 0 Å². The first-order valence-corrected chi connectivity index (χ1v) is 6.96. The highest BCUT2D eigenvalue weighted by molar-refractivity contribution is 5.52. The number of nitrogens with zero attached hydrogens (tertiary/aromatic N) is 4. The zero-order valence-corrected chi connectivity index (χ0v) is 11.5. The van der Waals surface area contributed by atoms with Crippen LogP contribution in [0, 0.1) is 0 Å². The van der Waals surface area contributed by atoms with Gasteiger partial charge in [0.05, 0.1) is 0 Å². The molecule has 4 heteroatoms. The van der Waals surface area contributed by atoms with Crippen molar-refractivity contribution in [1.29, 1.82) is 0 Å². The Kier molecular flexibility index (Phi) is 2.49. The molecule has 0 amide bonds. The van der Waals surface area contributed by atoms with Crippen molar-refractivity contribution in [3.63, 3.8) is 0 Å². The van der Waals surface area contributed by atoms with Gasteiger partial charge in [0.1, 0.15) is 0 Å². The van der Waals surface area contributed by atoms with Crippen LogP contribution in [0.1, 0.15) is 17.5 Å². The van der Waals surface area contributed by atoms with Gasteiger partial charge in [0.25, 0.3) is 0 Å². The smallest absolute Gasteiger partial charge is 0.181 e. The molecule has 2 heterocycles. The Morgan fingerprint density at radius 2 is 1.75 bits per heavy atom. The Hall–Kier alpha value is -2.36. The van der Waals surface area contributed by atoms with Crippen molar-refractivity contribution in [3.05, 3.63) is 54.1 Å². The number of rotatable bonds is 2. The molecule has 1 aliphatic carbocycles. The molecule has 100 valence electrons. The minimum absolute atomic E-state index is 0.885. The summed E-state index contributed by atoms with van der Waals surface area (Å²) in [5.41, 5.74) is 4.13. The van der Waals surface area contributed by atoms with Crippen LogP contribution in [0.5, 0.6) is 0 Å². The highest BCUT2D eigenvalue weighted by Gasteiger charge is 2.15. The maximum atomic E-state index is 4.47. The minimum atomic E-state index is 0.885. The molecule has 0 saturated heterocycles. The van der Waals surface area contributed by atoms with Gasteiger partial charge in [0.15, 0.2) is 11.6 Å².